The molecule has 0 spiro atoms. The zero-order valence-corrected chi connectivity index (χ0v) is 18.0. The number of fused-ring (bicyclic) bond motifs is 2. The first-order chi connectivity index (χ1) is 15.0. The van der Waals surface area contributed by atoms with Crippen LogP contribution in [0.3, 0.4) is 0 Å². The molecule has 2 aromatic carbocycles. The molecule has 0 saturated heterocycles. The van der Waals surface area contributed by atoms with Crippen molar-refractivity contribution in [3.8, 4) is 5.75 Å². The lowest BCUT2D eigenvalue weighted by atomic mass is 9.68. The number of phenolic OH excluding ortho intramolecular Hbond substituents is 1. The predicted octanol–water partition coefficient (Wildman–Crippen LogP) is 5.80. The van der Waals surface area contributed by atoms with Gasteiger partial charge in [0.2, 0.25) is 0 Å². The standard InChI is InChI=1S/C23H21ClF3NO4/c1-3-12-10-22(31,23(25,26)27)20(15-9-16(24)11(2)19(29)18(12)15)28-17-6-4-5-14-13(17)7-8-32-21(14)30/h4-9,12,20,28-29,31H,3,10H2,1-2H3/t12-,20-,22-/m0/s1. The van der Waals surface area contributed by atoms with Crippen molar-refractivity contribution in [3.63, 3.8) is 0 Å². The molecule has 3 N–H and O–H groups in total. The van der Waals surface area contributed by atoms with Crippen LogP contribution in [0.4, 0.5) is 18.9 Å². The first kappa shape index (κ1) is 22.5. The van der Waals surface area contributed by atoms with Crippen molar-refractivity contribution in [1.82, 2.24) is 0 Å². The minimum Gasteiger partial charge on any atom is -0.507 e. The van der Waals surface area contributed by atoms with Crippen LogP contribution in [0, 0.1) is 6.92 Å². The summed E-state index contributed by atoms with van der Waals surface area (Å²) in [5.41, 5.74) is -2.81. The number of hydrogen-bond donors (Lipinski definition) is 3. The van der Waals surface area contributed by atoms with Crippen LogP contribution in [0.5, 0.6) is 5.75 Å². The molecule has 0 saturated carbocycles. The molecule has 0 fully saturated rings. The Morgan fingerprint density at radius 3 is 2.66 bits per heavy atom. The van der Waals surface area contributed by atoms with E-state index < -0.39 is 35.8 Å². The molecule has 4 rings (SSSR count). The summed E-state index contributed by atoms with van der Waals surface area (Å²) in [4.78, 5) is 12.0. The van der Waals surface area contributed by atoms with Gasteiger partial charge in [0.25, 0.3) is 0 Å². The number of aliphatic hydroxyl groups is 1. The second-order valence-corrected chi connectivity index (χ2v) is 8.53. The molecule has 9 heteroatoms. The molecule has 32 heavy (non-hydrogen) atoms. The molecule has 170 valence electrons. The fourth-order valence-corrected chi connectivity index (χ4v) is 4.76. The number of anilines is 1. The summed E-state index contributed by atoms with van der Waals surface area (Å²) in [5.74, 6) is -0.904. The lowest BCUT2D eigenvalue weighted by Gasteiger charge is -2.46. The normalized spacial score (nSPS) is 23.2. The Balaban J connectivity index is 1.98. The molecule has 0 amide bonds. The van der Waals surface area contributed by atoms with E-state index in [2.05, 4.69) is 5.32 Å². The van der Waals surface area contributed by atoms with Gasteiger partial charge in [0.1, 0.15) is 5.75 Å². The van der Waals surface area contributed by atoms with Gasteiger partial charge in [-0.25, -0.2) is 4.79 Å². The van der Waals surface area contributed by atoms with Crippen molar-refractivity contribution < 1.29 is 27.8 Å². The number of phenols is 1. The number of aromatic hydroxyl groups is 1. The van der Waals surface area contributed by atoms with Crippen LogP contribution < -0.4 is 10.9 Å². The zero-order chi connectivity index (χ0) is 23.4. The Morgan fingerprint density at radius 1 is 1.28 bits per heavy atom. The van der Waals surface area contributed by atoms with Crippen LogP contribution >= 0.6 is 11.6 Å². The number of benzene rings is 2. The van der Waals surface area contributed by atoms with Gasteiger partial charge in [-0.15, -0.1) is 0 Å². The fraction of sp³-hybridized carbons (Fsp3) is 0.348. The summed E-state index contributed by atoms with van der Waals surface area (Å²) in [7, 11) is 0. The van der Waals surface area contributed by atoms with Gasteiger partial charge >= 0.3 is 11.8 Å². The molecule has 0 unspecified atom stereocenters. The zero-order valence-electron chi connectivity index (χ0n) is 17.3. The van der Waals surface area contributed by atoms with Gasteiger partial charge in [0.15, 0.2) is 5.60 Å². The Bertz CT molecular complexity index is 1260. The number of hydrogen-bond acceptors (Lipinski definition) is 5. The molecule has 3 atom stereocenters. The van der Waals surface area contributed by atoms with E-state index in [0.29, 0.717) is 16.5 Å². The van der Waals surface area contributed by atoms with Gasteiger partial charge in [-0.1, -0.05) is 24.6 Å². The lowest BCUT2D eigenvalue weighted by molar-refractivity contribution is -0.272. The van der Waals surface area contributed by atoms with Crippen molar-refractivity contribution in [1.29, 1.82) is 0 Å². The first-order valence-corrected chi connectivity index (χ1v) is 10.5. The molecule has 1 aliphatic carbocycles. The van der Waals surface area contributed by atoms with E-state index in [1.165, 1.54) is 30.3 Å². The Labute approximate surface area is 186 Å². The van der Waals surface area contributed by atoms with Gasteiger partial charge in [-0.3, -0.25) is 0 Å². The molecule has 1 aliphatic rings. The van der Waals surface area contributed by atoms with E-state index >= 15 is 0 Å². The quantitative estimate of drug-likeness (QED) is 0.453. The van der Waals surface area contributed by atoms with E-state index in [-0.39, 0.29) is 33.8 Å². The number of rotatable bonds is 3. The molecule has 5 nitrogen and oxygen atoms in total. The van der Waals surface area contributed by atoms with E-state index in [9.17, 15) is 28.2 Å². The van der Waals surface area contributed by atoms with Crippen LogP contribution in [0.2, 0.25) is 5.02 Å². The summed E-state index contributed by atoms with van der Waals surface area (Å²) in [6.07, 6.45) is -4.19. The van der Waals surface area contributed by atoms with Gasteiger partial charge in [-0.05, 0) is 55.5 Å². The predicted molar refractivity (Wildman–Crippen MR) is 115 cm³/mol. The van der Waals surface area contributed by atoms with E-state index in [1.807, 2.05) is 0 Å². The maximum atomic E-state index is 14.3. The summed E-state index contributed by atoms with van der Waals surface area (Å²) in [5, 5.41) is 25.2. The SMILES string of the molecule is CC[C@H]1C[C@@](O)(C(F)(F)F)[C@@H](Nc2cccc3c(=O)occc23)c2cc(Cl)c(C)c(O)c21. The number of alkyl halides is 3. The number of halogens is 4. The monoisotopic (exact) mass is 467 g/mol. The second-order valence-electron chi connectivity index (χ2n) is 8.12. The van der Waals surface area contributed by atoms with Crippen molar-refractivity contribution >= 4 is 28.1 Å². The fourth-order valence-electron chi connectivity index (χ4n) is 4.55. The lowest BCUT2D eigenvalue weighted by Crippen LogP contribution is -2.55. The summed E-state index contributed by atoms with van der Waals surface area (Å²) in [6, 6.07) is 5.66. The highest BCUT2D eigenvalue weighted by atomic mass is 35.5. The summed E-state index contributed by atoms with van der Waals surface area (Å²) < 4.78 is 47.7. The topological polar surface area (TPSA) is 82.7 Å². The van der Waals surface area contributed by atoms with E-state index in [4.69, 9.17) is 16.0 Å². The highest BCUT2D eigenvalue weighted by molar-refractivity contribution is 6.31. The molecule has 3 aromatic rings. The average molecular weight is 468 g/mol. The molecule has 0 bridgehead atoms. The molecular weight excluding hydrogens is 447 g/mol. The summed E-state index contributed by atoms with van der Waals surface area (Å²) in [6.45, 7) is 3.29. The van der Waals surface area contributed by atoms with Gasteiger partial charge in [-0.2, -0.15) is 13.2 Å². The van der Waals surface area contributed by atoms with Crippen molar-refractivity contribution in [2.45, 2.75) is 50.4 Å². The highest BCUT2D eigenvalue weighted by Gasteiger charge is 2.62. The second kappa shape index (κ2) is 7.71. The maximum Gasteiger partial charge on any atom is 0.419 e. The molecule has 1 heterocycles. The first-order valence-electron chi connectivity index (χ1n) is 10.1. The summed E-state index contributed by atoms with van der Waals surface area (Å²) >= 11 is 6.23. The van der Waals surface area contributed by atoms with Crippen LogP contribution in [-0.2, 0) is 0 Å². The van der Waals surface area contributed by atoms with E-state index in [1.54, 1.807) is 13.8 Å². The Hall–Kier alpha value is -2.71. The third kappa shape index (κ3) is 3.33. The number of nitrogens with one attached hydrogen (secondary N) is 1. The highest BCUT2D eigenvalue weighted by Crippen LogP contribution is 2.56. The maximum absolute atomic E-state index is 14.3. The molecule has 0 radical (unpaired) electrons. The smallest absolute Gasteiger partial charge is 0.419 e. The Morgan fingerprint density at radius 2 is 2.00 bits per heavy atom. The molecule has 1 aromatic heterocycles. The van der Waals surface area contributed by atoms with Gasteiger partial charge in [0.05, 0.1) is 17.7 Å². The average Bonchev–Trinajstić information content (AvgIpc) is 2.73. The third-order valence-electron chi connectivity index (χ3n) is 6.34. The van der Waals surface area contributed by atoms with E-state index in [0.717, 1.165) is 6.26 Å². The molecular formula is C23H21ClF3NO4. The van der Waals surface area contributed by atoms with Crippen LogP contribution in [0.15, 0.2) is 45.8 Å². The minimum absolute atomic E-state index is 0.0657. The largest absolute Gasteiger partial charge is 0.507 e. The van der Waals surface area contributed by atoms with Crippen LogP contribution in [0.25, 0.3) is 10.8 Å². The molecule has 0 aliphatic heterocycles. The minimum atomic E-state index is -4.98. The van der Waals surface area contributed by atoms with Gasteiger partial charge < -0.3 is 19.9 Å². The van der Waals surface area contributed by atoms with Crippen molar-refractivity contribution in [2.75, 3.05) is 5.32 Å². The Kier molecular flexibility index (Phi) is 5.41. The van der Waals surface area contributed by atoms with Crippen molar-refractivity contribution in [2.24, 2.45) is 0 Å². The van der Waals surface area contributed by atoms with Crippen molar-refractivity contribution in [3.05, 3.63) is 68.7 Å². The van der Waals surface area contributed by atoms with Gasteiger partial charge in [0, 0.05) is 27.2 Å². The van der Waals surface area contributed by atoms with Crippen LogP contribution in [-0.4, -0.2) is 22.0 Å². The third-order valence-corrected chi connectivity index (χ3v) is 6.73. The van der Waals surface area contributed by atoms with Crippen LogP contribution in [0.1, 0.15) is 48.4 Å².